The van der Waals surface area contributed by atoms with Crippen LogP contribution in [0.4, 0.5) is 0 Å². The molecule has 0 unspecified atom stereocenters. The number of benzene rings is 1. The van der Waals surface area contributed by atoms with Gasteiger partial charge in [0.1, 0.15) is 13.1 Å². The molecule has 4 heteroatoms. The second kappa shape index (κ2) is 7.41. The summed E-state index contributed by atoms with van der Waals surface area (Å²) in [5.41, 5.74) is 3.02. The predicted molar refractivity (Wildman–Crippen MR) is 79.2 cm³/mol. The van der Waals surface area contributed by atoms with Gasteiger partial charge in [0.25, 0.3) is 5.91 Å². The van der Waals surface area contributed by atoms with Gasteiger partial charge in [0.2, 0.25) is 0 Å². The molecule has 4 nitrogen and oxygen atoms in total. The Morgan fingerprint density at radius 3 is 2.75 bits per heavy atom. The summed E-state index contributed by atoms with van der Waals surface area (Å²) in [5.74, 6) is 0.0412. The highest BCUT2D eigenvalue weighted by molar-refractivity contribution is 5.95. The number of ether oxygens (including phenoxy) is 1. The van der Waals surface area contributed by atoms with Gasteiger partial charge >= 0.3 is 0 Å². The maximum atomic E-state index is 12.1. The van der Waals surface area contributed by atoms with Crippen LogP contribution in [0.25, 0.3) is 0 Å². The number of rotatable bonds is 5. The third-order valence-electron chi connectivity index (χ3n) is 3.82. The number of nitrogens with one attached hydrogen (secondary N) is 2. The monoisotopic (exact) mass is 277 g/mol. The number of amides is 1. The van der Waals surface area contributed by atoms with Gasteiger partial charge < -0.3 is 15.0 Å². The summed E-state index contributed by atoms with van der Waals surface area (Å²) in [6, 6.07) is 5.94. The summed E-state index contributed by atoms with van der Waals surface area (Å²) >= 11 is 0. The molecule has 1 aromatic rings. The highest BCUT2D eigenvalue weighted by atomic mass is 16.5. The van der Waals surface area contributed by atoms with Gasteiger partial charge in [-0.1, -0.05) is 17.7 Å². The van der Waals surface area contributed by atoms with Crippen LogP contribution in [-0.4, -0.2) is 45.3 Å². The Morgan fingerprint density at radius 2 is 2.05 bits per heavy atom. The third kappa shape index (κ3) is 4.32. The van der Waals surface area contributed by atoms with Crippen molar-refractivity contribution in [2.45, 2.75) is 20.3 Å². The van der Waals surface area contributed by atoms with Gasteiger partial charge in [0.15, 0.2) is 0 Å². The number of carbonyl (C=O) groups excluding carboxylic acids is 1. The zero-order valence-corrected chi connectivity index (χ0v) is 12.5. The van der Waals surface area contributed by atoms with E-state index in [0.29, 0.717) is 0 Å². The lowest BCUT2D eigenvalue weighted by atomic mass is 10.1. The summed E-state index contributed by atoms with van der Waals surface area (Å²) in [6.45, 7) is 9.79. The Balaban J connectivity index is 1.72. The van der Waals surface area contributed by atoms with Gasteiger partial charge in [0.05, 0.1) is 19.8 Å². The molecule has 0 radical (unpaired) electrons. The molecule has 1 aliphatic heterocycles. The van der Waals surface area contributed by atoms with Crippen LogP contribution in [0.1, 0.15) is 27.9 Å². The zero-order chi connectivity index (χ0) is 14.4. The maximum Gasteiger partial charge on any atom is 0.251 e. The Morgan fingerprint density at radius 1 is 1.30 bits per heavy atom. The molecule has 2 N–H and O–H groups in total. The molecule has 1 saturated heterocycles. The first kappa shape index (κ1) is 15.0. The fourth-order valence-corrected chi connectivity index (χ4v) is 2.61. The van der Waals surface area contributed by atoms with Gasteiger partial charge in [-0.3, -0.25) is 4.79 Å². The first-order valence-corrected chi connectivity index (χ1v) is 7.43. The van der Waals surface area contributed by atoms with E-state index >= 15 is 0 Å². The number of hydrogen-bond acceptors (Lipinski definition) is 2. The quantitative estimate of drug-likeness (QED) is 0.762. The SMILES string of the molecule is Cc1ccc(C(=O)NCCC[NH+]2CCOCC2)c(C)c1. The van der Waals surface area contributed by atoms with Crippen LogP contribution in [-0.2, 0) is 4.74 Å². The van der Waals surface area contributed by atoms with Crippen molar-refractivity contribution < 1.29 is 14.4 Å². The van der Waals surface area contributed by atoms with Crippen molar-refractivity contribution in [2.75, 3.05) is 39.4 Å². The van der Waals surface area contributed by atoms with E-state index in [4.69, 9.17) is 4.74 Å². The van der Waals surface area contributed by atoms with Crippen LogP contribution in [0.5, 0.6) is 0 Å². The van der Waals surface area contributed by atoms with Gasteiger partial charge in [0, 0.05) is 18.5 Å². The summed E-state index contributed by atoms with van der Waals surface area (Å²) in [6.07, 6.45) is 1.02. The fourth-order valence-electron chi connectivity index (χ4n) is 2.61. The standard InChI is InChI=1S/C16H24N2O2/c1-13-4-5-15(14(2)12-13)16(19)17-6-3-7-18-8-10-20-11-9-18/h4-5,12H,3,6-11H2,1-2H3,(H,17,19)/p+1. The summed E-state index contributed by atoms with van der Waals surface area (Å²) < 4.78 is 5.33. The van der Waals surface area contributed by atoms with E-state index in [1.165, 1.54) is 5.56 Å². The lowest BCUT2D eigenvalue weighted by Gasteiger charge is -2.23. The Kier molecular flexibility index (Phi) is 5.56. The molecule has 110 valence electrons. The minimum Gasteiger partial charge on any atom is -0.370 e. The molecule has 0 bridgehead atoms. The molecular weight excluding hydrogens is 252 g/mol. The number of morpholine rings is 1. The second-order valence-corrected chi connectivity index (χ2v) is 5.54. The van der Waals surface area contributed by atoms with E-state index in [1.807, 2.05) is 32.0 Å². The van der Waals surface area contributed by atoms with Crippen LogP contribution in [0, 0.1) is 13.8 Å². The number of hydrogen-bond donors (Lipinski definition) is 2. The normalized spacial score (nSPS) is 16.1. The predicted octanol–water partition coefficient (Wildman–Crippen LogP) is 0.338. The first-order valence-electron chi connectivity index (χ1n) is 7.43. The molecule has 0 atom stereocenters. The van der Waals surface area contributed by atoms with Gasteiger partial charge in [-0.25, -0.2) is 0 Å². The van der Waals surface area contributed by atoms with Crippen molar-refractivity contribution >= 4 is 5.91 Å². The molecule has 1 aromatic carbocycles. The van der Waals surface area contributed by atoms with Crippen molar-refractivity contribution in [2.24, 2.45) is 0 Å². The van der Waals surface area contributed by atoms with Crippen LogP contribution >= 0.6 is 0 Å². The lowest BCUT2D eigenvalue weighted by Crippen LogP contribution is -3.14. The molecule has 1 aliphatic rings. The smallest absolute Gasteiger partial charge is 0.251 e. The minimum absolute atomic E-state index is 0.0412. The average molecular weight is 277 g/mol. The van der Waals surface area contributed by atoms with Gasteiger partial charge in [-0.2, -0.15) is 0 Å². The fraction of sp³-hybridized carbons (Fsp3) is 0.562. The molecule has 1 fully saturated rings. The van der Waals surface area contributed by atoms with Gasteiger partial charge in [-0.05, 0) is 25.5 Å². The molecular formula is C16H25N2O2+. The van der Waals surface area contributed by atoms with Crippen molar-refractivity contribution in [1.82, 2.24) is 5.32 Å². The van der Waals surface area contributed by atoms with E-state index < -0.39 is 0 Å². The number of quaternary nitrogens is 1. The largest absolute Gasteiger partial charge is 0.370 e. The second-order valence-electron chi connectivity index (χ2n) is 5.54. The molecule has 0 saturated carbocycles. The molecule has 0 aromatic heterocycles. The van der Waals surface area contributed by atoms with Crippen LogP contribution in [0.15, 0.2) is 18.2 Å². The van der Waals surface area contributed by atoms with E-state index in [-0.39, 0.29) is 5.91 Å². The van der Waals surface area contributed by atoms with E-state index in [1.54, 1.807) is 4.90 Å². The van der Waals surface area contributed by atoms with Crippen LogP contribution in [0.3, 0.4) is 0 Å². The molecule has 1 heterocycles. The summed E-state index contributed by atoms with van der Waals surface area (Å²) in [7, 11) is 0. The molecule has 2 rings (SSSR count). The Labute approximate surface area is 121 Å². The van der Waals surface area contributed by atoms with Crippen molar-refractivity contribution in [1.29, 1.82) is 0 Å². The topological polar surface area (TPSA) is 42.8 Å². The van der Waals surface area contributed by atoms with E-state index in [9.17, 15) is 4.79 Å². The van der Waals surface area contributed by atoms with Crippen molar-refractivity contribution in [3.8, 4) is 0 Å². The third-order valence-corrected chi connectivity index (χ3v) is 3.82. The van der Waals surface area contributed by atoms with Crippen LogP contribution < -0.4 is 10.2 Å². The molecule has 0 aliphatic carbocycles. The first-order chi connectivity index (χ1) is 9.66. The highest BCUT2D eigenvalue weighted by Crippen LogP contribution is 2.10. The highest BCUT2D eigenvalue weighted by Gasteiger charge is 2.13. The van der Waals surface area contributed by atoms with E-state index in [2.05, 4.69) is 5.32 Å². The maximum absolute atomic E-state index is 12.1. The number of aryl methyl sites for hydroxylation is 2. The Hall–Kier alpha value is -1.39. The van der Waals surface area contributed by atoms with Crippen LogP contribution in [0.2, 0.25) is 0 Å². The summed E-state index contributed by atoms with van der Waals surface area (Å²) in [5, 5.41) is 3.02. The Bertz CT molecular complexity index is 454. The molecule has 0 spiro atoms. The zero-order valence-electron chi connectivity index (χ0n) is 12.5. The van der Waals surface area contributed by atoms with Crippen molar-refractivity contribution in [3.05, 3.63) is 34.9 Å². The van der Waals surface area contributed by atoms with Gasteiger partial charge in [-0.15, -0.1) is 0 Å². The van der Waals surface area contributed by atoms with E-state index in [0.717, 1.165) is 56.9 Å². The summed E-state index contributed by atoms with van der Waals surface area (Å²) in [4.78, 5) is 13.7. The molecule has 1 amide bonds. The molecule has 20 heavy (non-hydrogen) atoms. The minimum atomic E-state index is 0.0412. The number of carbonyl (C=O) groups is 1. The average Bonchev–Trinajstić information content (AvgIpc) is 2.44. The lowest BCUT2D eigenvalue weighted by molar-refractivity contribution is -0.908. The van der Waals surface area contributed by atoms with Crippen molar-refractivity contribution in [3.63, 3.8) is 0 Å².